The maximum atomic E-state index is 13.5. The Balaban J connectivity index is 1.86. The summed E-state index contributed by atoms with van der Waals surface area (Å²) in [5, 5.41) is 0. The highest BCUT2D eigenvalue weighted by Gasteiger charge is 2.12. The summed E-state index contributed by atoms with van der Waals surface area (Å²) < 4.78 is 13.5. The molecule has 22 heavy (non-hydrogen) atoms. The van der Waals surface area contributed by atoms with E-state index in [2.05, 4.69) is 23.1 Å². The Bertz CT molecular complexity index is 666. The molecule has 0 spiro atoms. The van der Waals surface area contributed by atoms with Crippen LogP contribution in [0.25, 0.3) is 0 Å². The van der Waals surface area contributed by atoms with Gasteiger partial charge < -0.3 is 4.90 Å². The Morgan fingerprint density at radius 1 is 1.00 bits per heavy atom. The molecule has 0 saturated carbocycles. The number of benzene rings is 2. The maximum Gasteiger partial charge on any atom is 0.123 e. The number of aryl methyl sites for hydroxylation is 2. The fraction of sp³-hybridized carbons (Fsp3) is 0.368. The van der Waals surface area contributed by atoms with Crippen molar-refractivity contribution >= 4 is 11.8 Å². The van der Waals surface area contributed by atoms with Gasteiger partial charge in [0.05, 0.1) is 0 Å². The predicted molar refractivity (Wildman–Crippen MR) is 91.0 cm³/mol. The monoisotopic (exact) mass is 315 g/mol. The number of halogens is 1. The summed E-state index contributed by atoms with van der Waals surface area (Å²) in [6, 6.07) is 11.9. The molecular formula is C19H22FNS. The van der Waals surface area contributed by atoms with Crippen LogP contribution >= 0.6 is 11.8 Å². The molecule has 0 radical (unpaired) electrons. The van der Waals surface area contributed by atoms with Crippen LogP contribution in [0, 0.1) is 5.82 Å². The highest BCUT2D eigenvalue weighted by atomic mass is 32.2. The van der Waals surface area contributed by atoms with Gasteiger partial charge in [0.15, 0.2) is 0 Å². The van der Waals surface area contributed by atoms with Gasteiger partial charge in [-0.2, -0.15) is 0 Å². The Labute approximate surface area is 136 Å². The van der Waals surface area contributed by atoms with Gasteiger partial charge in [-0.25, -0.2) is 4.39 Å². The first-order valence-electron chi connectivity index (χ1n) is 7.84. The van der Waals surface area contributed by atoms with Crippen molar-refractivity contribution in [2.45, 2.75) is 42.0 Å². The zero-order valence-electron chi connectivity index (χ0n) is 13.2. The average Bonchev–Trinajstić information content (AvgIpc) is 2.49. The number of hydrogen-bond acceptors (Lipinski definition) is 2. The van der Waals surface area contributed by atoms with E-state index in [0.717, 1.165) is 17.0 Å². The standard InChI is InChI=1S/C19H22FNS/c1-21(2)13-16-11-17(20)8-10-19(16)22-18-9-7-14-5-3-4-6-15(14)12-18/h7-12H,3-6,13H2,1-2H3. The van der Waals surface area contributed by atoms with Gasteiger partial charge in [0, 0.05) is 16.3 Å². The first-order valence-corrected chi connectivity index (χ1v) is 8.66. The van der Waals surface area contributed by atoms with Crippen molar-refractivity contribution in [2.24, 2.45) is 0 Å². The van der Waals surface area contributed by atoms with Crippen LogP contribution in [0.15, 0.2) is 46.2 Å². The van der Waals surface area contributed by atoms with E-state index in [4.69, 9.17) is 0 Å². The van der Waals surface area contributed by atoms with Gasteiger partial charge in [0.25, 0.3) is 0 Å². The van der Waals surface area contributed by atoms with Gasteiger partial charge in [0.2, 0.25) is 0 Å². The van der Waals surface area contributed by atoms with Crippen LogP contribution < -0.4 is 0 Å². The molecule has 116 valence electrons. The lowest BCUT2D eigenvalue weighted by Crippen LogP contribution is -2.11. The number of hydrogen-bond donors (Lipinski definition) is 0. The molecule has 3 rings (SSSR count). The molecule has 0 bridgehead atoms. The summed E-state index contributed by atoms with van der Waals surface area (Å²) in [4.78, 5) is 4.48. The quantitative estimate of drug-likeness (QED) is 0.788. The van der Waals surface area contributed by atoms with Crippen LogP contribution in [-0.4, -0.2) is 19.0 Å². The van der Waals surface area contributed by atoms with E-state index in [1.165, 1.54) is 41.7 Å². The molecule has 1 aliphatic rings. The van der Waals surface area contributed by atoms with Crippen molar-refractivity contribution in [3.63, 3.8) is 0 Å². The molecule has 2 aromatic rings. The predicted octanol–water partition coefficient (Wildman–Crippen LogP) is 4.92. The lowest BCUT2D eigenvalue weighted by atomic mass is 9.92. The van der Waals surface area contributed by atoms with Crippen molar-refractivity contribution in [2.75, 3.05) is 14.1 Å². The summed E-state index contributed by atoms with van der Waals surface area (Å²) in [5.41, 5.74) is 4.04. The van der Waals surface area contributed by atoms with E-state index in [-0.39, 0.29) is 5.82 Å². The van der Waals surface area contributed by atoms with Crippen molar-refractivity contribution in [1.82, 2.24) is 4.90 Å². The van der Waals surface area contributed by atoms with Crippen molar-refractivity contribution in [3.05, 3.63) is 58.9 Å². The average molecular weight is 315 g/mol. The Morgan fingerprint density at radius 3 is 2.55 bits per heavy atom. The topological polar surface area (TPSA) is 3.24 Å². The lowest BCUT2D eigenvalue weighted by molar-refractivity contribution is 0.398. The van der Waals surface area contributed by atoms with Gasteiger partial charge in [-0.1, -0.05) is 17.8 Å². The van der Waals surface area contributed by atoms with Gasteiger partial charge >= 0.3 is 0 Å². The molecule has 3 heteroatoms. The second kappa shape index (κ2) is 6.84. The molecule has 1 aliphatic carbocycles. The molecule has 0 atom stereocenters. The molecular weight excluding hydrogens is 293 g/mol. The SMILES string of the molecule is CN(C)Cc1cc(F)ccc1Sc1ccc2c(c1)CCCC2. The van der Waals surface area contributed by atoms with E-state index < -0.39 is 0 Å². The Kier molecular flexibility index (Phi) is 4.84. The number of fused-ring (bicyclic) bond motifs is 1. The van der Waals surface area contributed by atoms with E-state index >= 15 is 0 Å². The van der Waals surface area contributed by atoms with E-state index in [1.807, 2.05) is 20.2 Å². The van der Waals surface area contributed by atoms with Crippen molar-refractivity contribution < 1.29 is 4.39 Å². The molecule has 0 saturated heterocycles. The third kappa shape index (κ3) is 3.71. The lowest BCUT2D eigenvalue weighted by Gasteiger charge is -2.17. The van der Waals surface area contributed by atoms with Crippen LogP contribution in [0.2, 0.25) is 0 Å². The van der Waals surface area contributed by atoms with Crippen LogP contribution in [0.5, 0.6) is 0 Å². The smallest absolute Gasteiger partial charge is 0.123 e. The summed E-state index contributed by atoms with van der Waals surface area (Å²) in [6.07, 6.45) is 5.01. The minimum Gasteiger partial charge on any atom is -0.305 e. The normalized spacial score (nSPS) is 14.2. The van der Waals surface area contributed by atoms with Crippen LogP contribution in [0.1, 0.15) is 29.5 Å². The third-order valence-corrected chi connectivity index (χ3v) is 5.16. The fourth-order valence-corrected chi connectivity index (χ4v) is 3.99. The Morgan fingerprint density at radius 2 is 1.77 bits per heavy atom. The summed E-state index contributed by atoms with van der Waals surface area (Å²) in [5.74, 6) is -0.161. The van der Waals surface area contributed by atoms with Crippen molar-refractivity contribution in [3.8, 4) is 0 Å². The minimum atomic E-state index is -0.161. The van der Waals surface area contributed by atoms with Crippen LogP contribution in [0.3, 0.4) is 0 Å². The zero-order chi connectivity index (χ0) is 15.5. The highest BCUT2D eigenvalue weighted by molar-refractivity contribution is 7.99. The molecule has 0 fully saturated rings. The van der Waals surface area contributed by atoms with E-state index in [9.17, 15) is 4.39 Å². The number of nitrogens with zero attached hydrogens (tertiary/aromatic N) is 1. The molecule has 0 unspecified atom stereocenters. The largest absolute Gasteiger partial charge is 0.305 e. The second-order valence-corrected chi connectivity index (χ2v) is 7.34. The minimum absolute atomic E-state index is 0.161. The van der Waals surface area contributed by atoms with Crippen LogP contribution in [-0.2, 0) is 19.4 Å². The first kappa shape index (κ1) is 15.6. The molecule has 0 aromatic heterocycles. The molecule has 1 nitrogen and oxygen atoms in total. The van der Waals surface area contributed by atoms with E-state index in [0.29, 0.717) is 0 Å². The zero-order valence-corrected chi connectivity index (χ0v) is 14.0. The fourth-order valence-electron chi connectivity index (χ4n) is 3.01. The number of rotatable bonds is 4. The molecule has 0 aliphatic heterocycles. The van der Waals surface area contributed by atoms with Gasteiger partial charge in [0.1, 0.15) is 5.82 Å². The maximum absolute atomic E-state index is 13.5. The third-order valence-electron chi connectivity index (χ3n) is 4.06. The molecule has 0 N–H and O–H groups in total. The first-order chi connectivity index (χ1) is 10.6. The van der Waals surface area contributed by atoms with Gasteiger partial charge in [-0.05, 0) is 86.8 Å². The molecule has 0 heterocycles. The van der Waals surface area contributed by atoms with Gasteiger partial charge in [-0.15, -0.1) is 0 Å². The second-order valence-electron chi connectivity index (χ2n) is 6.23. The van der Waals surface area contributed by atoms with Crippen LogP contribution in [0.4, 0.5) is 4.39 Å². The summed E-state index contributed by atoms with van der Waals surface area (Å²) in [7, 11) is 4.02. The summed E-state index contributed by atoms with van der Waals surface area (Å²) >= 11 is 1.74. The highest BCUT2D eigenvalue weighted by Crippen LogP contribution is 2.34. The van der Waals surface area contributed by atoms with Gasteiger partial charge in [-0.3, -0.25) is 0 Å². The molecule has 2 aromatic carbocycles. The Hall–Kier alpha value is -1.32. The van der Waals surface area contributed by atoms with E-state index in [1.54, 1.807) is 23.9 Å². The van der Waals surface area contributed by atoms with Crippen molar-refractivity contribution in [1.29, 1.82) is 0 Å². The molecule has 0 amide bonds. The summed E-state index contributed by atoms with van der Waals surface area (Å²) in [6.45, 7) is 0.755.